The first-order valence-electron chi connectivity index (χ1n) is 3.08. The molecule has 8 heavy (non-hydrogen) atoms. The lowest BCUT2D eigenvalue weighted by molar-refractivity contribution is 0.405. The minimum Gasteiger partial charge on any atom is -0.307 e. The summed E-state index contributed by atoms with van der Waals surface area (Å²) in [5.74, 6) is 0. The molecule has 1 fully saturated rings. The van der Waals surface area contributed by atoms with Crippen molar-refractivity contribution < 1.29 is 0 Å². The van der Waals surface area contributed by atoms with Crippen LogP contribution in [0.4, 0.5) is 0 Å². The molecule has 0 spiro atoms. The van der Waals surface area contributed by atoms with E-state index in [1.807, 2.05) is 0 Å². The minimum absolute atomic E-state index is 0.0920. The van der Waals surface area contributed by atoms with Crippen LogP contribution in [0, 0.1) is 0 Å². The largest absolute Gasteiger partial charge is 0.307 e. The number of rotatable bonds is 0. The summed E-state index contributed by atoms with van der Waals surface area (Å²) in [4.78, 5) is 2.26. The smallest absolute Gasteiger partial charge is 0.0760 e. The molecule has 1 nitrogen and oxygen atoms in total. The van der Waals surface area contributed by atoms with Gasteiger partial charge in [0.1, 0.15) is 0 Å². The van der Waals surface area contributed by atoms with Gasteiger partial charge in [-0.1, -0.05) is 12.2 Å². The van der Waals surface area contributed by atoms with Gasteiger partial charge in [0.05, 0.1) is 7.85 Å². The molecular formula is C6H12BN. The Labute approximate surface area is 52.5 Å². The molecule has 1 aliphatic rings. The summed E-state index contributed by atoms with van der Waals surface area (Å²) < 4.78 is 0. The maximum Gasteiger partial charge on any atom is 0.0760 e. The zero-order chi connectivity index (χ0) is 6.20. The van der Waals surface area contributed by atoms with Crippen LogP contribution in [0.25, 0.3) is 0 Å². The van der Waals surface area contributed by atoms with Crippen molar-refractivity contribution in [2.75, 3.05) is 20.1 Å². The Bertz CT molecular complexity index is 90.5. The lowest BCUT2D eigenvalue weighted by Gasteiger charge is -2.15. The second kappa shape index (κ2) is 1.76. The van der Waals surface area contributed by atoms with Crippen LogP contribution in [-0.4, -0.2) is 32.9 Å². The zero-order valence-electron chi connectivity index (χ0n) is 5.65. The molecule has 2 radical (unpaired) electrons. The van der Waals surface area contributed by atoms with Crippen molar-refractivity contribution in [3.8, 4) is 0 Å². The molecule has 0 amide bonds. The van der Waals surface area contributed by atoms with Gasteiger partial charge in [-0.05, 0) is 26.6 Å². The first-order chi connectivity index (χ1) is 3.60. The number of hydrogen-bond acceptors (Lipinski definition) is 1. The molecule has 1 rings (SSSR count). The van der Waals surface area contributed by atoms with Crippen LogP contribution >= 0.6 is 0 Å². The van der Waals surface area contributed by atoms with Gasteiger partial charge < -0.3 is 4.90 Å². The van der Waals surface area contributed by atoms with Crippen molar-refractivity contribution in [2.45, 2.75) is 18.7 Å². The third-order valence-electron chi connectivity index (χ3n) is 1.70. The Morgan fingerprint density at radius 1 is 1.62 bits per heavy atom. The highest BCUT2D eigenvalue weighted by atomic mass is 15.1. The standard InChI is InChI=1S/C6H12BN/c1-6(7)3-4-8(2)5-6/h3-5H2,1-2H3. The Hall–Kier alpha value is 0.0249. The van der Waals surface area contributed by atoms with Crippen LogP contribution in [0.1, 0.15) is 13.3 Å². The summed E-state index contributed by atoms with van der Waals surface area (Å²) in [6, 6.07) is 0. The van der Waals surface area contributed by atoms with Gasteiger partial charge in [-0.3, -0.25) is 0 Å². The molecule has 0 aromatic carbocycles. The highest BCUT2D eigenvalue weighted by Gasteiger charge is 2.25. The van der Waals surface area contributed by atoms with Crippen molar-refractivity contribution >= 4 is 7.85 Å². The summed E-state index contributed by atoms with van der Waals surface area (Å²) in [5.41, 5.74) is 0. The molecule has 0 bridgehead atoms. The number of hydrogen-bond donors (Lipinski definition) is 0. The first-order valence-corrected chi connectivity index (χ1v) is 3.08. The van der Waals surface area contributed by atoms with Crippen LogP contribution in [0.5, 0.6) is 0 Å². The van der Waals surface area contributed by atoms with Gasteiger partial charge in [0.25, 0.3) is 0 Å². The Morgan fingerprint density at radius 2 is 2.25 bits per heavy atom. The van der Waals surface area contributed by atoms with Crippen molar-refractivity contribution in [3.05, 3.63) is 0 Å². The predicted molar refractivity (Wildman–Crippen MR) is 36.2 cm³/mol. The Balaban J connectivity index is 2.44. The second-order valence-corrected chi connectivity index (χ2v) is 3.14. The van der Waals surface area contributed by atoms with Crippen molar-refractivity contribution in [1.29, 1.82) is 0 Å². The van der Waals surface area contributed by atoms with Crippen LogP contribution in [-0.2, 0) is 0 Å². The van der Waals surface area contributed by atoms with E-state index < -0.39 is 0 Å². The van der Waals surface area contributed by atoms with E-state index in [2.05, 4.69) is 18.9 Å². The molecule has 0 aliphatic carbocycles. The maximum atomic E-state index is 5.83. The molecule has 0 N–H and O–H groups in total. The average Bonchev–Trinajstić information content (AvgIpc) is 1.82. The monoisotopic (exact) mass is 109 g/mol. The van der Waals surface area contributed by atoms with E-state index in [-0.39, 0.29) is 5.31 Å². The quantitative estimate of drug-likeness (QED) is 0.413. The van der Waals surface area contributed by atoms with Gasteiger partial charge in [0.15, 0.2) is 0 Å². The molecule has 2 heteroatoms. The topological polar surface area (TPSA) is 3.24 Å². The maximum absolute atomic E-state index is 5.83. The van der Waals surface area contributed by atoms with Gasteiger partial charge in [0, 0.05) is 0 Å². The van der Waals surface area contributed by atoms with E-state index in [1.54, 1.807) is 0 Å². The van der Waals surface area contributed by atoms with E-state index in [0.29, 0.717) is 0 Å². The molecule has 44 valence electrons. The Morgan fingerprint density at radius 3 is 2.38 bits per heavy atom. The van der Waals surface area contributed by atoms with Gasteiger partial charge in [-0.15, -0.1) is 0 Å². The van der Waals surface area contributed by atoms with Gasteiger partial charge in [-0.2, -0.15) is 0 Å². The summed E-state index contributed by atoms with van der Waals surface area (Å²) in [6.07, 6.45) is 1.14. The highest BCUT2D eigenvalue weighted by Crippen LogP contribution is 2.31. The molecule has 0 saturated carbocycles. The summed E-state index contributed by atoms with van der Waals surface area (Å²) in [6.45, 7) is 4.32. The summed E-state index contributed by atoms with van der Waals surface area (Å²) in [7, 11) is 7.94. The van der Waals surface area contributed by atoms with Crippen LogP contribution in [0.2, 0.25) is 5.31 Å². The molecule has 1 aliphatic heterocycles. The molecule has 0 aromatic heterocycles. The highest BCUT2D eigenvalue weighted by molar-refractivity contribution is 6.15. The second-order valence-electron chi connectivity index (χ2n) is 3.14. The van der Waals surface area contributed by atoms with E-state index in [0.717, 1.165) is 19.5 Å². The fraction of sp³-hybridized carbons (Fsp3) is 1.00. The number of nitrogens with zero attached hydrogens (tertiary/aromatic N) is 1. The average molecular weight is 109 g/mol. The minimum atomic E-state index is 0.0920. The van der Waals surface area contributed by atoms with Crippen molar-refractivity contribution in [2.24, 2.45) is 0 Å². The fourth-order valence-electron chi connectivity index (χ4n) is 1.22. The van der Waals surface area contributed by atoms with Crippen LogP contribution in [0.15, 0.2) is 0 Å². The molecule has 1 atom stereocenters. The van der Waals surface area contributed by atoms with E-state index in [4.69, 9.17) is 7.85 Å². The SMILES string of the molecule is [B]C1(C)CCN(C)C1. The normalized spacial score (nSPS) is 40.8. The zero-order valence-corrected chi connectivity index (χ0v) is 5.65. The molecular weight excluding hydrogens is 96.9 g/mol. The molecule has 1 saturated heterocycles. The summed E-state index contributed by atoms with van der Waals surface area (Å²) in [5, 5.41) is 0.0920. The van der Waals surface area contributed by atoms with Gasteiger partial charge in [0.2, 0.25) is 0 Å². The molecule has 0 aromatic rings. The van der Waals surface area contributed by atoms with E-state index in [1.165, 1.54) is 0 Å². The lowest BCUT2D eigenvalue weighted by Crippen LogP contribution is -2.16. The van der Waals surface area contributed by atoms with E-state index in [9.17, 15) is 0 Å². The van der Waals surface area contributed by atoms with Crippen molar-refractivity contribution in [3.63, 3.8) is 0 Å². The van der Waals surface area contributed by atoms with Gasteiger partial charge in [-0.25, -0.2) is 0 Å². The van der Waals surface area contributed by atoms with Gasteiger partial charge >= 0.3 is 0 Å². The van der Waals surface area contributed by atoms with Crippen molar-refractivity contribution in [1.82, 2.24) is 4.90 Å². The lowest BCUT2D eigenvalue weighted by atomic mass is 9.70. The number of likely N-dealkylation sites (tertiary alicyclic amines) is 1. The van der Waals surface area contributed by atoms with Crippen LogP contribution in [0.3, 0.4) is 0 Å². The van der Waals surface area contributed by atoms with E-state index >= 15 is 0 Å². The Kier molecular flexibility index (Phi) is 1.36. The third kappa shape index (κ3) is 1.25. The molecule has 1 unspecified atom stereocenters. The molecule has 1 heterocycles. The van der Waals surface area contributed by atoms with Crippen LogP contribution < -0.4 is 0 Å². The first kappa shape index (κ1) is 6.15. The fourth-order valence-corrected chi connectivity index (χ4v) is 1.22. The third-order valence-corrected chi connectivity index (χ3v) is 1.70. The predicted octanol–water partition coefficient (Wildman–Crippen LogP) is 0.669. The summed E-state index contributed by atoms with van der Waals surface area (Å²) >= 11 is 0.